The topological polar surface area (TPSA) is 50.2 Å². The number of carboxylic acid groups (broad SMARTS) is 1. The maximum atomic E-state index is 10.2. The number of nitrogens with zero attached hydrogens (tertiary/aromatic N) is 1. The van der Waals surface area contributed by atoms with Gasteiger partial charge in [-0.1, -0.05) is 18.2 Å². The third-order valence-corrected chi connectivity index (χ3v) is 1.82. The van der Waals surface area contributed by atoms with Gasteiger partial charge in [0.25, 0.3) is 0 Å². The van der Waals surface area contributed by atoms with Crippen molar-refractivity contribution >= 4 is 28.0 Å². The molecule has 13 heavy (non-hydrogen) atoms. The first kappa shape index (κ1) is 9.92. The second kappa shape index (κ2) is 4.77. The van der Waals surface area contributed by atoms with E-state index in [1.165, 1.54) is 0 Å². The molecular weight excluding hydrogens is 234 g/mol. The number of carboxylic acids is 1. The molecule has 0 radical (unpaired) electrons. The van der Waals surface area contributed by atoms with Crippen LogP contribution >= 0.6 is 15.9 Å². The summed E-state index contributed by atoms with van der Waals surface area (Å²) in [5.41, 5.74) is 0.893. The smallest absolute Gasteiger partial charge is 0.307 e. The molecule has 0 aliphatic heterocycles. The molecule has 0 fully saturated rings. The molecular formula is C9H8BrNO2. The number of carbonyl (C=O) groups is 1. The van der Waals surface area contributed by atoms with E-state index in [0.717, 1.165) is 10.2 Å². The first-order chi connectivity index (χ1) is 6.18. The highest BCUT2D eigenvalue weighted by molar-refractivity contribution is 9.10. The van der Waals surface area contributed by atoms with Crippen LogP contribution in [0.5, 0.6) is 0 Å². The lowest BCUT2D eigenvalue weighted by molar-refractivity contribution is -0.135. The Bertz CT molecular complexity index is 319. The van der Waals surface area contributed by atoms with Gasteiger partial charge in [0.15, 0.2) is 0 Å². The van der Waals surface area contributed by atoms with E-state index in [0.29, 0.717) is 0 Å². The quantitative estimate of drug-likeness (QED) is 0.827. The Kier molecular flexibility index (Phi) is 3.64. The Morgan fingerprint density at radius 3 is 2.92 bits per heavy atom. The van der Waals surface area contributed by atoms with Crippen LogP contribution in [-0.2, 0) is 4.79 Å². The van der Waals surface area contributed by atoms with E-state index >= 15 is 0 Å². The molecule has 1 rings (SSSR count). The van der Waals surface area contributed by atoms with Crippen molar-refractivity contribution in [2.45, 2.75) is 6.42 Å². The van der Waals surface area contributed by atoms with Crippen molar-refractivity contribution in [1.29, 1.82) is 0 Å². The maximum Gasteiger partial charge on any atom is 0.307 e. The molecule has 0 saturated carbocycles. The van der Waals surface area contributed by atoms with Crippen molar-refractivity contribution in [3.63, 3.8) is 0 Å². The molecule has 0 aromatic carbocycles. The van der Waals surface area contributed by atoms with Crippen LogP contribution in [0.2, 0.25) is 0 Å². The van der Waals surface area contributed by atoms with Gasteiger partial charge in [0.2, 0.25) is 0 Å². The van der Waals surface area contributed by atoms with E-state index in [-0.39, 0.29) is 6.42 Å². The summed E-state index contributed by atoms with van der Waals surface area (Å²) in [5, 5.41) is 8.36. The van der Waals surface area contributed by atoms with Crippen molar-refractivity contribution < 1.29 is 9.90 Å². The van der Waals surface area contributed by atoms with Crippen LogP contribution in [0.1, 0.15) is 12.0 Å². The van der Waals surface area contributed by atoms with Crippen molar-refractivity contribution in [2.75, 3.05) is 0 Å². The molecule has 0 aliphatic carbocycles. The zero-order chi connectivity index (χ0) is 9.68. The molecule has 0 saturated heterocycles. The normalized spacial score (nSPS) is 10.5. The molecule has 4 heteroatoms. The zero-order valence-electron chi connectivity index (χ0n) is 6.77. The van der Waals surface area contributed by atoms with Gasteiger partial charge in [-0.25, -0.2) is 4.98 Å². The average molecular weight is 242 g/mol. The van der Waals surface area contributed by atoms with Crippen LogP contribution in [0.3, 0.4) is 0 Å². The predicted molar refractivity (Wildman–Crippen MR) is 53.2 cm³/mol. The summed E-state index contributed by atoms with van der Waals surface area (Å²) >= 11 is 3.21. The molecule has 0 aliphatic rings. The molecule has 0 spiro atoms. The van der Waals surface area contributed by atoms with Crippen molar-refractivity contribution in [2.24, 2.45) is 0 Å². The minimum absolute atomic E-state index is 0.0378. The van der Waals surface area contributed by atoms with Gasteiger partial charge in [-0.15, -0.1) is 0 Å². The van der Waals surface area contributed by atoms with Crippen molar-refractivity contribution in [3.8, 4) is 0 Å². The van der Waals surface area contributed by atoms with Crippen molar-refractivity contribution in [1.82, 2.24) is 4.98 Å². The van der Waals surface area contributed by atoms with Gasteiger partial charge in [0.05, 0.1) is 6.42 Å². The van der Waals surface area contributed by atoms with E-state index < -0.39 is 5.97 Å². The number of aliphatic carboxylic acids is 1. The first-order valence-electron chi connectivity index (χ1n) is 3.68. The summed E-state index contributed by atoms with van der Waals surface area (Å²) in [6, 6.07) is 3.66. The number of halogens is 1. The van der Waals surface area contributed by atoms with Crippen LogP contribution in [0.15, 0.2) is 29.0 Å². The van der Waals surface area contributed by atoms with Crippen LogP contribution in [0, 0.1) is 0 Å². The van der Waals surface area contributed by atoms with Crippen LogP contribution in [0.4, 0.5) is 0 Å². The number of rotatable bonds is 3. The second-order valence-electron chi connectivity index (χ2n) is 2.41. The molecule has 0 amide bonds. The van der Waals surface area contributed by atoms with Crippen LogP contribution < -0.4 is 0 Å². The minimum Gasteiger partial charge on any atom is -0.481 e. The Hall–Kier alpha value is -1.16. The highest BCUT2D eigenvalue weighted by Gasteiger charge is 1.91. The number of hydrogen-bond acceptors (Lipinski definition) is 2. The maximum absolute atomic E-state index is 10.2. The molecule has 3 nitrogen and oxygen atoms in total. The highest BCUT2D eigenvalue weighted by Crippen LogP contribution is 2.07. The largest absolute Gasteiger partial charge is 0.481 e. The lowest BCUT2D eigenvalue weighted by Crippen LogP contribution is -1.89. The fraction of sp³-hybridized carbons (Fsp3) is 0.111. The molecule has 1 N–H and O–H groups in total. The van der Waals surface area contributed by atoms with Gasteiger partial charge >= 0.3 is 5.97 Å². The van der Waals surface area contributed by atoms with Gasteiger partial charge in [0.1, 0.15) is 4.60 Å². The van der Waals surface area contributed by atoms with Gasteiger partial charge < -0.3 is 5.11 Å². The average Bonchev–Trinajstić information content (AvgIpc) is 2.08. The monoisotopic (exact) mass is 241 g/mol. The molecule has 0 unspecified atom stereocenters. The van der Waals surface area contributed by atoms with Gasteiger partial charge in [-0.2, -0.15) is 0 Å². The van der Waals surface area contributed by atoms with E-state index in [1.54, 1.807) is 24.4 Å². The third kappa shape index (κ3) is 3.85. The lowest BCUT2D eigenvalue weighted by Gasteiger charge is -1.91. The number of pyridine rings is 1. The van der Waals surface area contributed by atoms with E-state index in [4.69, 9.17) is 5.11 Å². The molecule has 1 aromatic heterocycles. The van der Waals surface area contributed by atoms with Crippen LogP contribution in [-0.4, -0.2) is 16.1 Å². The summed E-state index contributed by atoms with van der Waals surface area (Å²) in [7, 11) is 0. The molecule has 1 aromatic rings. The second-order valence-corrected chi connectivity index (χ2v) is 3.23. The SMILES string of the molecule is O=C(O)CC=Cc1ccc(Br)nc1. The molecule has 68 valence electrons. The summed E-state index contributed by atoms with van der Waals surface area (Å²) in [6.07, 6.45) is 5.03. The Balaban J connectivity index is 2.59. The standard InChI is InChI=1S/C9H8BrNO2/c10-8-5-4-7(6-11-8)2-1-3-9(12)13/h1-2,4-6H,3H2,(H,12,13). The van der Waals surface area contributed by atoms with Gasteiger partial charge in [-0.05, 0) is 27.6 Å². The van der Waals surface area contributed by atoms with Gasteiger partial charge in [-0.3, -0.25) is 4.79 Å². The summed E-state index contributed by atoms with van der Waals surface area (Å²) < 4.78 is 0.767. The lowest BCUT2D eigenvalue weighted by atomic mass is 10.2. The minimum atomic E-state index is -0.832. The van der Waals surface area contributed by atoms with E-state index in [2.05, 4.69) is 20.9 Å². The first-order valence-corrected chi connectivity index (χ1v) is 4.47. The Labute approximate surface area is 84.2 Å². The van der Waals surface area contributed by atoms with Crippen molar-refractivity contribution in [3.05, 3.63) is 34.6 Å². The molecule has 1 heterocycles. The number of aromatic nitrogens is 1. The van der Waals surface area contributed by atoms with E-state index in [1.807, 2.05) is 6.07 Å². The zero-order valence-corrected chi connectivity index (χ0v) is 8.36. The predicted octanol–water partition coefficient (Wildman–Crippen LogP) is 2.33. The number of hydrogen-bond donors (Lipinski definition) is 1. The molecule has 0 atom stereocenters. The Morgan fingerprint density at radius 2 is 2.38 bits per heavy atom. The van der Waals surface area contributed by atoms with Gasteiger partial charge in [0, 0.05) is 6.20 Å². The summed E-state index contributed by atoms with van der Waals surface area (Å²) in [6.45, 7) is 0. The Morgan fingerprint density at radius 1 is 1.62 bits per heavy atom. The summed E-state index contributed by atoms with van der Waals surface area (Å²) in [4.78, 5) is 14.2. The third-order valence-electron chi connectivity index (χ3n) is 1.35. The van der Waals surface area contributed by atoms with E-state index in [9.17, 15) is 4.79 Å². The molecule has 0 bridgehead atoms. The highest BCUT2D eigenvalue weighted by atomic mass is 79.9. The van der Waals surface area contributed by atoms with Crippen LogP contribution in [0.25, 0.3) is 6.08 Å². The fourth-order valence-electron chi connectivity index (χ4n) is 0.782. The fourth-order valence-corrected chi connectivity index (χ4v) is 1.02. The summed E-state index contributed by atoms with van der Waals surface area (Å²) in [5.74, 6) is -0.832.